The van der Waals surface area contributed by atoms with Crippen LogP contribution in [0.4, 0.5) is 10.5 Å². The zero-order chi connectivity index (χ0) is 23.6. The second-order valence-electron chi connectivity index (χ2n) is 8.86. The maximum atomic E-state index is 12.6. The van der Waals surface area contributed by atoms with Gasteiger partial charge in [0.25, 0.3) is 15.9 Å². The van der Waals surface area contributed by atoms with E-state index in [1.807, 2.05) is 11.9 Å². The zero-order valence-corrected chi connectivity index (χ0v) is 19.5. The van der Waals surface area contributed by atoms with Gasteiger partial charge in [-0.05, 0) is 49.9 Å². The van der Waals surface area contributed by atoms with Crippen molar-refractivity contribution in [3.63, 3.8) is 0 Å². The summed E-state index contributed by atoms with van der Waals surface area (Å²) in [6, 6.07) is 5.48. The highest BCUT2D eigenvalue weighted by molar-refractivity contribution is 7.90. The molecule has 33 heavy (non-hydrogen) atoms. The van der Waals surface area contributed by atoms with Gasteiger partial charge in [0.2, 0.25) is 5.91 Å². The van der Waals surface area contributed by atoms with E-state index in [9.17, 15) is 22.8 Å². The molecule has 0 aromatic heterocycles. The molecule has 1 saturated carbocycles. The minimum atomic E-state index is -3.81. The molecule has 2 N–H and O–H groups in total. The van der Waals surface area contributed by atoms with Crippen LogP contribution in [0, 0.1) is 0 Å². The fourth-order valence-corrected chi connectivity index (χ4v) is 5.72. The van der Waals surface area contributed by atoms with Crippen LogP contribution in [-0.2, 0) is 19.6 Å². The lowest BCUT2D eigenvalue weighted by Gasteiger charge is -2.19. The van der Waals surface area contributed by atoms with Crippen molar-refractivity contribution in [1.29, 1.82) is 0 Å². The first-order chi connectivity index (χ1) is 15.7. The molecule has 178 valence electrons. The fourth-order valence-electron chi connectivity index (χ4n) is 4.63. The van der Waals surface area contributed by atoms with Crippen molar-refractivity contribution in [2.24, 2.45) is 4.40 Å². The minimum absolute atomic E-state index is 0.0627. The molecule has 1 spiro atoms. The van der Waals surface area contributed by atoms with Gasteiger partial charge in [-0.1, -0.05) is 12.8 Å². The molecule has 0 unspecified atom stereocenters. The van der Waals surface area contributed by atoms with Crippen molar-refractivity contribution in [1.82, 2.24) is 15.1 Å². The third-order valence-electron chi connectivity index (χ3n) is 6.48. The number of imide groups is 1. The molecule has 0 bridgehead atoms. The molecule has 4 rings (SSSR count). The summed E-state index contributed by atoms with van der Waals surface area (Å²) in [7, 11) is -1.99. The number of carbonyl (C=O) groups excluding carboxylic acids is 3. The number of hydrogen-bond acceptors (Lipinski definition) is 5. The van der Waals surface area contributed by atoms with E-state index >= 15 is 0 Å². The first-order valence-electron chi connectivity index (χ1n) is 11.3. The quantitative estimate of drug-likeness (QED) is 0.581. The number of anilines is 1. The lowest BCUT2D eigenvalue weighted by atomic mass is 9.98. The van der Waals surface area contributed by atoms with Gasteiger partial charge in [-0.2, -0.15) is 8.42 Å². The Labute approximate surface area is 193 Å². The molecule has 2 heterocycles. The molecular weight excluding hydrogens is 446 g/mol. The first kappa shape index (κ1) is 23.2. The average Bonchev–Trinajstić information content (AvgIpc) is 3.45. The predicted molar refractivity (Wildman–Crippen MR) is 122 cm³/mol. The second-order valence-corrected chi connectivity index (χ2v) is 10.5. The lowest BCUT2D eigenvalue weighted by Crippen LogP contribution is -2.44. The molecule has 0 atom stereocenters. The van der Waals surface area contributed by atoms with Gasteiger partial charge in [-0.25, -0.2) is 4.79 Å². The van der Waals surface area contributed by atoms with Gasteiger partial charge in [0.1, 0.15) is 11.4 Å². The van der Waals surface area contributed by atoms with Crippen LogP contribution in [0.15, 0.2) is 33.6 Å². The first-order valence-corrected chi connectivity index (χ1v) is 12.7. The number of sulfonamides is 1. The highest BCUT2D eigenvalue weighted by Gasteiger charge is 2.52. The third-order valence-corrected chi connectivity index (χ3v) is 7.80. The van der Waals surface area contributed by atoms with Crippen LogP contribution in [0.3, 0.4) is 0 Å². The Morgan fingerprint density at radius 1 is 1.15 bits per heavy atom. The van der Waals surface area contributed by atoms with Crippen molar-refractivity contribution in [3.8, 4) is 0 Å². The molecule has 2 aliphatic heterocycles. The van der Waals surface area contributed by atoms with Gasteiger partial charge in [0.15, 0.2) is 0 Å². The molecule has 3 aliphatic rings. The molecule has 3 fully saturated rings. The van der Waals surface area contributed by atoms with E-state index < -0.39 is 15.6 Å². The molecule has 1 aliphatic carbocycles. The molecular formula is C22H29N5O5S. The van der Waals surface area contributed by atoms with Crippen LogP contribution < -0.4 is 10.6 Å². The largest absolute Gasteiger partial charge is 0.362 e. The number of rotatable bonds is 7. The predicted octanol–water partition coefficient (Wildman–Crippen LogP) is 2.08. The van der Waals surface area contributed by atoms with Gasteiger partial charge in [0, 0.05) is 38.7 Å². The number of nitrogens with zero attached hydrogens (tertiary/aromatic N) is 3. The van der Waals surface area contributed by atoms with Crippen LogP contribution >= 0.6 is 0 Å². The Hall–Kier alpha value is -2.95. The van der Waals surface area contributed by atoms with Crippen molar-refractivity contribution in [3.05, 3.63) is 24.3 Å². The number of amides is 4. The Morgan fingerprint density at radius 2 is 1.85 bits per heavy atom. The number of urea groups is 1. The summed E-state index contributed by atoms with van der Waals surface area (Å²) in [5.74, 6) is 0.0899. The van der Waals surface area contributed by atoms with E-state index in [0.29, 0.717) is 37.2 Å². The summed E-state index contributed by atoms with van der Waals surface area (Å²) in [6.45, 7) is 0.975. The topological polar surface area (TPSA) is 128 Å². The van der Waals surface area contributed by atoms with Gasteiger partial charge < -0.3 is 15.5 Å². The Balaban J connectivity index is 1.28. The van der Waals surface area contributed by atoms with E-state index in [-0.39, 0.29) is 35.7 Å². The lowest BCUT2D eigenvalue weighted by molar-refractivity contribution is -0.131. The molecule has 10 nitrogen and oxygen atoms in total. The number of carbonyl (C=O) groups is 3. The maximum Gasteiger partial charge on any atom is 0.325 e. The summed E-state index contributed by atoms with van der Waals surface area (Å²) >= 11 is 0. The van der Waals surface area contributed by atoms with Crippen LogP contribution in [0.2, 0.25) is 0 Å². The Kier molecular flexibility index (Phi) is 6.42. The zero-order valence-electron chi connectivity index (χ0n) is 18.7. The van der Waals surface area contributed by atoms with E-state index in [0.717, 1.165) is 25.8 Å². The number of likely N-dealkylation sites (tertiary alicyclic amines) is 1. The van der Waals surface area contributed by atoms with Crippen LogP contribution in [0.5, 0.6) is 0 Å². The van der Waals surface area contributed by atoms with Gasteiger partial charge >= 0.3 is 6.03 Å². The van der Waals surface area contributed by atoms with Crippen molar-refractivity contribution in [2.75, 3.05) is 25.5 Å². The van der Waals surface area contributed by atoms with Gasteiger partial charge in [-0.3, -0.25) is 14.5 Å². The molecule has 11 heteroatoms. The van der Waals surface area contributed by atoms with Gasteiger partial charge in [-0.15, -0.1) is 4.40 Å². The monoisotopic (exact) mass is 475 g/mol. The number of nitrogens with one attached hydrogen (secondary N) is 2. The molecule has 2 saturated heterocycles. The van der Waals surface area contributed by atoms with Crippen molar-refractivity contribution < 1.29 is 22.8 Å². The Bertz CT molecular complexity index is 1080. The summed E-state index contributed by atoms with van der Waals surface area (Å²) in [5.41, 5.74) is -0.274. The number of benzene rings is 1. The van der Waals surface area contributed by atoms with Crippen molar-refractivity contribution in [2.45, 2.75) is 61.8 Å². The summed E-state index contributed by atoms with van der Waals surface area (Å²) in [5, 5.41) is 5.54. The Morgan fingerprint density at radius 3 is 2.48 bits per heavy atom. The van der Waals surface area contributed by atoms with E-state index in [4.69, 9.17) is 0 Å². The smallest absolute Gasteiger partial charge is 0.325 e. The summed E-state index contributed by atoms with van der Waals surface area (Å²) in [4.78, 5) is 40.2. The highest BCUT2D eigenvalue weighted by atomic mass is 32.2. The number of hydrogen-bond donors (Lipinski definition) is 2. The molecule has 1 aromatic rings. The fraction of sp³-hybridized carbons (Fsp3) is 0.545. The molecule has 1 aromatic carbocycles. The standard InChI is InChI=1S/C22H29N5O5S/c1-26-14-4-6-18(26)25-33(31,32)17-10-8-16(9-11-17)23-19(28)7-5-15-27-20(29)22(24-21(27)30)12-2-3-13-22/h8-11H,2-7,12-15H2,1H3,(H,23,28)(H,24,30). The van der Waals surface area contributed by atoms with Gasteiger partial charge in [0.05, 0.1) is 4.90 Å². The average molecular weight is 476 g/mol. The highest BCUT2D eigenvalue weighted by Crippen LogP contribution is 2.35. The van der Waals surface area contributed by atoms with Crippen molar-refractivity contribution >= 4 is 39.4 Å². The summed E-state index contributed by atoms with van der Waals surface area (Å²) < 4.78 is 29.0. The number of amidine groups is 1. The molecule has 4 amide bonds. The van der Waals surface area contributed by atoms with Crippen LogP contribution in [0.25, 0.3) is 0 Å². The van der Waals surface area contributed by atoms with E-state index in [1.54, 1.807) is 0 Å². The SMILES string of the molecule is CN1CCCC1=NS(=O)(=O)c1ccc(NC(=O)CCCN2C(=O)NC3(CCCC3)C2=O)cc1. The van der Waals surface area contributed by atoms with Crippen LogP contribution in [-0.4, -0.2) is 67.6 Å². The van der Waals surface area contributed by atoms with E-state index in [1.165, 1.54) is 29.2 Å². The third kappa shape index (κ3) is 4.87. The molecule has 0 radical (unpaired) electrons. The van der Waals surface area contributed by atoms with Crippen LogP contribution in [0.1, 0.15) is 51.4 Å². The maximum absolute atomic E-state index is 12.6. The normalized spacial score (nSPS) is 21.3. The minimum Gasteiger partial charge on any atom is -0.362 e. The summed E-state index contributed by atoms with van der Waals surface area (Å²) in [6.07, 6.45) is 5.18. The second kappa shape index (κ2) is 9.12. The van der Waals surface area contributed by atoms with E-state index in [2.05, 4.69) is 15.0 Å².